The van der Waals surface area contributed by atoms with Crippen molar-refractivity contribution in [3.63, 3.8) is 0 Å². The van der Waals surface area contributed by atoms with Gasteiger partial charge >= 0.3 is 6.09 Å². The van der Waals surface area contributed by atoms with Gasteiger partial charge in [-0.25, -0.2) is 14.8 Å². The maximum atomic E-state index is 12.4. The van der Waals surface area contributed by atoms with E-state index < -0.39 is 6.09 Å². The lowest BCUT2D eigenvalue weighted by molar-refractivity contribution is 0.215. The fourth-order valence-corrected chi connectivity index (χ4v) is 3.92. The fourth-order valence-electron chi connectivity index (χ4n) is 3.34. The quantitative estimate of drug-likeness (QED) is 0.321. The van der Waals surface area contributed by atoms with E-state index in [2.05, 4.69) is 20.3 Å². The topological polar surface area (TPSA) is 79.9 Å². The predicted molar refractivity (Wildman–Crippen MR) is 123 cm³/mol. The number of imidazole rings is 1. The van der Waals surface area contributed by atoms with Crippen molar-refractivity contribution in [1.82, 2.24) is 15.0 Å². The molecular formula is C23H14Cl2N4O2. The first kappa shape index (κ1) is 19.4. The number of hydrogen-bond acceptors (Lipinski definition) is 4. The molecule has 0 aliphatic rings. The van der Waals surface area contributed by atoms with Gasteiger partial charge in [-0.2, -0.15) is 0 Å². The lowest BCUT2D eigenvalue weighted by atomic mass is 10.1. The summed E-state index contributed by atoms with van der Waals surface area (Å²) in [6.45, 7) is 0. The number of amides is 1. The van der Waals surface area contributed by atoms with E-state index in [1.54, 1.807) is 42.6 Å². The van der Waals surface area contributed by atoms with Crippen molar-refractivity contribution in [3.8, 4) is 17.1 Å². The van der Waals surface area contributed by atoms with Gasteiger partial charge in [-0.15, -0.1) is 0 Å². The van der Waals surface area contributed by atoms with Gasteiger partial charge in [-0.05, 0) is 35.7 Å². The Kier molecular flexibility index (Phi) is 4.94. The minimum atomic E-state index is -0.642. The number of aromatic nitrogens is 3. The molecule has 1 amide bonds. The highest BCUT2D eigenvalue weighted by Crippen LogP contribution is 2.34. The van der Waals surface area contributed by atoms with Crippen LogP contribution in [0.1, 0.15) is 0 Å². The second kappa shape index (κ2) is 7.91. The largest absolute Gasteiger partial charge is 0.418 e. The van der Waals surface area contributed by atoms with Gasteiger partial charge in [0.15, 0.2) is 0 Å². The molecule has 8 heteroatoms. The van der Waals surface area contributed by atoms with Crippen LogP contribution in [0, 0.1) is 0 Å². The molecule has 0 spiro atoms. The van der Waals surface area contributed by atoms with E-state index in [4.69, 9.17) is 27.9 Å². The molecule has 2 heterocycles. The summed E-state index contributed by atoms with van der Waals surface area (Å²) in [5, 5.41) is 5.47. The number of ether oxygens (including phenoxy) is 1. The molecule has 0 aliphatic carbocycles. The average molecular weight is 449 g/mol. The molecule has 0 aliphatic heterocycles. The second-order valence-electron chi connectivity index (χ2n) is 6.76. The monoisotopic (exact) mass is 448 g/mol. The Morgan fingerprint density at radius 3 is 2.61 bits per heavy atom. The van der Waals surface area contributed by atoms with Gasteiger partial charge in [0.25, 0.3) is 0 Å². The van der Waals surface area contributed by atoms with Crippen LogP contribution < -0.4 is 10.1 Å². The third-order valence-corrected chi connectivity index (χ3v) is 5.39. The van der Waals surface area contributed by atoms with E-state index in [1.165, 1.54) is 0 Å². The summed E-state index contributed by atoms with van der Waals surface area (Å²) >= 11 is 12.6. The van der Waals surface area contributed by atoms with Gasteiger partial charge in [0.2, 0.25) is 0 Å². The molecule has 3 aromatic carbocycles. The van der Waals surface area contributed by atoms with Crippen molar-refractivity contribution < 1.29 is 9.53 Å². The van der Waals surface area contributed by atoms with Crippen molar-refractivity contribution in [3.05, 3.63) is 83.0 Å². The number of aromatic amines is 1. The summed E-state index contributed by atoms with van der Waals surface area (Å²) in [6.07, 6.45) is 0.993. The van der Waals surface area contributed by atoms with Crippen LogP contribution in [-0.4, -0.2) is 21.0 Å². The number of benzene rings is 3. The SMILES string of the molecule is O=C(Nc1nccc2ccccc12)Oc1ccc2nc(-c3c(Cl)cccc3Cl)[nH]c2c1. The van der Waals surface area contributed by atoms with Gasteiger partial charge in [-0.3, -0.25) is 5.32 Å². The number of pyridine rings is 1. The molecule has 0 radical (unpaired) electrons. The van der Waals surface area contributed by atoms with Gasteiger partial charge in [0.1, 0.15) is 17.4 Å². The highest BCUT2D eigenvalue weighted by Gasteiger charge is 2.14. The minimum Gasteiger partial charge on any atom is -0.410 e. The highest BCUT2D eigenvalue weighted by atomic mass is 35.5. The minimum absolute atomic E-state index is 0.352. The van der Waals surface area contributed by atoms with E-state index in [9.17, 15) is 4.79 Å². The van der Waals surface area contributed by atoms with Crippen LogP contribution in [0.3, 0.4) is 0 Å². The maximum Gasteiger partial charge on any atom is 0.418 e. The normalized spacial score (nSPS) is 11.0. The van der Waals surface area contributed by atoms with Crippen LogP contribution in [0.25, 0.3) is 33.2 Å². The fraction of sp³-hybridized carbons (Fsp3) is 0. The molecule has 0 unspecified atom stereocenters. The van der Waals surface area contributed by atoms with Gasteiger partial charge in [0, 0.05) is 17.6 Å². The first-order valence-electron chi connectivity index (χ1n) is 9.35. The Hall–Kier alpha value is -3.61. The zero-order valence-corrected chi connectivity index (χ0v) is 17.4. The molecule has 31 heavy (non-hydrogen) atoms. The van der Waals surface area contributed by atoms with Crippen LogP contribution in [0.15, 0.2) is 72.9 Å². The lowest BCUT2D eigenvalue weighted by Gasteiger charge is -2.08. The number of nitrogens with zero attached hydrogens (tertiary/aromatic N) is 2. The number of H-pyrrole nitrogens is 1. The number of nitrogens with one attached hydrogen (secondary N) is 2. The van der Waals surface area contributed by atoms with Crippen molar-refractivity contribution in [1.29, 1.82) is 0 Å². The van der Waals surface area contributed by atoms with Crippen LogP contribution in [-0.2, 0) is 0 Å². The second-order valence-corrected chi connectivity index (χ2v) is 7.57. The predicted octanol–water partition coefficient (Wildman–Crippen LogP) is 6.70. The summed E-state index contributed by atoms with van der Waals surface area (Å²) in [5.74, 6) is 1.32. The zero-order chi connectivity index (χ0) is 21.4. The molecule has 6 nitrogen and oxygen atoms in total. The molecule has 5 aromatic rings. The van der Waals surface area contributed by atoms with Crippen molar-refractivity contribution in [2.24, 2.45) is 0 Å². The standard InChI is InChI=1S/C23H14Cl2N4O2/c24-16-6-3-7-17(25)20(16)22-27-18-9-8-14(12-19(18)28-22)31-23(30)29-21-15-5-2-1-4-13(15)10-11-26-21/h1-12H,(H,27,28)(H,26,29,30). The average Bonchev–Trinajstić information content (AvgIpc) is 3.16. The van der Waals surface area contributed by atoms with Gasteiger partial charge in [-0.1, -0.05) is 53.5 Å². The van der Waals surface area contributed by atoms with Crippen LogP contribution >= 0.6 is 23.2 Å². The number of fused-ring (bicyclic) bond motifs is 2. The Labute approximate surface area is 186 Å². The van der Waals surface area contributed by atoms with E-state index in [1.807, 2.05) is 30.3 Å². The molecular weight excluding hydrogens is 435 g/mol. The zero-order valence-electron chi connectivity index (χ0n) is 15.9. The first-order valence-corrected chi connectivity index (χ1v) is 10.1. The van der Waals surface area contributed by atoms with E-state index in [0.717, 1.165) is 10.8 Å². The molecule has 0 atom stereocenters. The van der Waals surface area contributed by atoms with Crippen molar-refractivity contribution in [2.45, 2.75) is 0 Å². The molecule has 2 aromatic heterocycles. The molecule has 0 bridgehead atoms. The molecule has 2 N–H and O–H groups in total. The Morgan fingerprint density at radius 1 is 0.968 bits per heavy atom. The Balaban J connectivity index is 1.40. The molecule has 152 valence electrons. The van der Waals surface area contributed by atoms with Crippen molar-refractivity contribution in [2.75, 3.05) is 5.32 Å². The highest BCUT2D eigenvalue weighted by molar-refractivity contribution is 6.39. The van der Waals surface area contributed by atoms with E-state index >= 15 is 0 Å². The maximum absolute atomic E-state index is 12.4. The number of halogens is 2. The molecule has 0 saturated carbocycles. The number of carbonyl (C=O) groups is 1. The first-order chi connectivity index (χ1) is 15.1. The smallest absolute Gasteiger partial charge is 0.410 e. The van der Waals surface area contributed by atoms with Gasteiger partial charge in [0.05, 0.1) is 26.6 Å². The van der Waals surface area contributed by atoms with E-state index in [0.29, 0.717) is 44.0 Å². The summed E-state index contributed by atoms with van der Waals surface area (Å²) in [5.41, 5.74) is 1.98. The number of carbonyl (C=O) groups excluding carboxylic acids is 1. The number of hydrogen-bond donors (Lipinski definition) is 2. The summed E-state index contributed by atoms with van der Waals surface area (Å²) < 4.78 is 5.45. The van der Waals surface area contributed by atoms with Crippen LogP contribution in [0.5, 0.6) is 5.75 Å². The Morgan fingerprint density at radius 2 is 1.77 bits per heavy atom. The molecule has 0 fully saturated rings. The molecule has 5 rings (SSSR count). The number of anilines is 1. The lowest BCUT2D eigenvalue weighted by Crippen LogP contribution is -2.17. The summed E-state index contributed by atoms with van der Waals surface area (Å²) in [6, 6.07) is 19.9. The van der Waals surface area contributed by atoms with Crippen molar-refractivity contribution >= 4 is 56.9 Å². The number of rotatable bonds is 3. The van der Waals surface area contributed by atoms with Crippen LogP contribution in [0.4, 0.5) is 10.6 Å². The van der Waals surface area contributed by atoms with Crippen LogP contribution in [0.2, 0.25) is 10.0 Å². The molecule has 0 saturated heterocycles. The third-order valence-electron chi connectivity index (χ3n) is 4.76. The van der Waals surface area contributed by atoms with E-state index in [-0.39, 0.29) is 0 Å². The summed E-state index contributed by atoms with van der Waals surface area (Å²) in [7, 11) is 0. The van der Waals surface area contributed by atoms with Gasteiger partial charge < -0.3 is 9.72 Å². The third kappa shape index (κ3) is 3.79. The summed E-state index contributed by atoms with van der Waals surface area (Å²) in [4.78, 5) is 24.4. The Bertz CT molecular complexity index is 1420.